The summed E-state index contributed by atoms with van der Waals surface area (Å²) in [5.41, 5.74) is 43.4. The first-order valence-corrected chi connectivity index (χ1v) is 54.3. The summed E-state index contributed by atoms with van der Waals surface area (Å²) in [7, 11) is 0. The van der Waals surface area contributed by atoms with Gasteiger partial charge in [0.25, 0.3) is 0 Å². The Morgan fingerprint density at radius 3 is 0.766 bits per heavy atom. The highest BCUT2D eigenvalue weighted by molar-refractivity contribution is 9.11. The zero-order valence-electron chi connectivity index (χ0n) is 78.5. The smallest absolute Gasteiger partial charge is 0.146 e. The second-order valence-electron chi connectivity index (χ2n) is 38.9. The van der Waals surface area contributed by atoms with E-state index in [4.69, 9.17) is 18.9 Å². The number of aryl methyl sites for hydroxylation is 1. The van der Waals surface area contributed by atoms with Crippen molar-refractivity contribution in [2.24, 2.45) is 0 Å². The Morgan fingerprint density at radius 1 is 0.152 bits per heavy atom. The molecule has 4 heterocycles. The van der Waals surface area contributed by atoms with Crippen molar-refractivity contribution < 1.29 is 18.9 Å². The van der Waals surface area contributed by atoms with Gasteiger partial charge >= 0.3 is 0 Å². The minimum absolute atomic E-state index is 0.116. The largest absolute Gasteiger partial charge is 0.457 e. The zero-order valence-corrected chi connectivity index (χ0v) is 89.6. The van der Waals surface area contributed by atoms with E-state index in [2.05, 4.69) is 569 Å². The molecule has 21 aromatic rings. The molecule has 0 aromatic heterocycles. The maximum atomic E-state index is 6.88. The number of fused-ring (bicyclic) bond motifs is 47. The van der Waals surface area contributed by atoms with Gasteiger partial charge in [-0.05, 0) is 314 Å². The van der Waals surface area contributed by atoms with E-state index in [9.17, 15) is 0 Å². The van der Waals surface area contributed by atoms with Gasteiger partial charge in [-0.25, -0.2) is 0 Å². The Balaban J connectivity index is 0.0000000964. The van der Waals surface area contributed by atoms with E-state index in [1.54, 1.807) is 0 Å². The Bertz CT molecular complexity index is 9020. The van der Waals surface area contributed by atoms with Crippen LogP contribution in [0.4, 0.5) is 0 Å². The molecule has 0 saturated heterocycles. The maximum Gasteiger partial charge on any atom is 0.146 e. The van der Waals surface area contributed by atoms with Crippen LogP contribution in [0.2, 0.25) is 0 Å². The van der Waals surface area contributed by atoms with E-state index >= 15 is 0 Å². The van der Waals surface area contributed by atoms with Crippen LogP contribution < -0.4 is 18.9 Å². The van der Waals surface area contributed by atoms with Gasteiger partial charge in [0.05, 0.1) is 35.1 Å². The van der Waals surface area contributed by atoms with E-state index in [-0.39, 0.29) is 5.41 Å². The maximum absolute atomic E-state index is 6.88. The molecule has 30 rings (SSSR count). The fraction of sp³-hybridized carbons (Fsp3) is 0.0597. The number of benzene rings is 21. The molecule has 692 valence electrons. The molecule has 4 unspecified atom stereocenters. The van der Waals surface area contributed by atoms with Gasteiger partial charge in [0, 0.05) is 67.8 Å². The van der Waals surface area contributed by atoms with Crippen LogP contribution in [0.15, 0.2) is 480 Å². The average Bonchev–Trinajstić information content (AvgIpc) is 1.61. The Labute approximate surface area is 901 Å². The summed E-state index contributed by atoms with van der Waals surface area (Å²) in [5, 5.41) is 0. The molecule has 5 aliphatic carbocycles. The standard InChI is InChI=1S/C40H27BrO.C32H20Br2O.2C31H18Br2O/c1-39(2)31-15-7-5-14-28(31)30-22-36-38(23-35(30)39)42-37-18-10-9-17-34(37)40(36)32-16-8-6-13-27(32)25-11-3-4-12-26(25)29-21-24(41)19-20-33(29)40;1-19-13-15-23-21-7-2-3-8-22(21)24-16-14-20(33)18-28(24)32(27(23)17-19)25-9-4-5-12-30(25)35-31-26(32)10-6-11-29(31)34;32-19-16-17-25-23(18-19)21-9-2-1-8-20(21)22-10-3-4-11-24(22)31(25)26-12-5-6-15-29(26)34-30-27(31)13-7-14-28(30)33;32-19-16-17-23-21-9-2-1-8-20(21)22-10-3-4-11-24(22)31(27(23)18-19)25-12-5-6-15-29(25)34-30-26(31)13-7-14-28(30)33/h3-23H,1-2H3;2-18H,1H3;2*1-18H. The topological polar surface area (TPSA) is 36.9 Å². The summed E-state index contributed by atoms with van der Waals surface area (Å²) >= 11 is 26.6. The third-order valence-electron chi connectivity index (χ3n) is 31.4. The molecule has 0 saturated carbocycles. The van der Waals surface area contributed by atoms with Gasteiger partial charge in [-0.3, -0.25) is 0 Å². The van der Waals surface area contributed by atoms with Crippen LogP contribution in [0.5, 0.6) is 46.0 Å². The minimum Gasteiger partial charge on any atom is -0.457 e. The quantitative estimate of drug-likeness (QED) is 0.152. The number of hydrogen-bond donors (Lipinski definition) is 0. The van der Waals surface area contributed by atoms with Crippen molar-refractivity contribution in [3.63, 3.8) is 0 Å². The van der Waals surface area contributed by atoms with Crippen LogP contribution in [0, 0.1) is 6.92 Å². The molecule has 4 aliphatic heterocycles. The van der Waals surface area contributed by atoms with E-state index in [1.807, 2.05) is 12.1 Å². The van der Waals surface area contributed by atoms with Crippen LogP contribution in [0.25, 0.3) is 100 Å². The molecule has 4 nitrogen and oxygen atoms in total. The van der Waals surface area contributed by atoms with Crippen molar-refractivity contribution in [3.8, 4) is 146 Å². The molecule has 145 heavy (non-hydrogen) atoms. The van der Waals surface area contributed by atoms with Crippen molar-refractivity contribution >= 4 is 112 Å². The number of rotatable bonds is 0. The highest BCUT2D eigenvalue weighted by Crippen LogP contribution is 2.69. The molecule has 0 fully saturated rings. The Morgan fingerprint density at radius 2 is 0.393 bits per heavy atom. The van der Waals surface area contributed by atoms with Crippen molar-refractivity contribution in [1.82, 2.24) is 0 Å². The summed E-state index contributed by atoms with van der Waals surface area (Å²) < 4.78 is 33.7. The van der Waals surface area contributed by atoms with E-state index < -0.39 is 21.7 Å². The normalized spacial score (nSPS) is 17.1. The molecule has 4 spiro atoms. The van der Waals surface area contributed by atoms with Gasteiger partial charge in [0.15, 0.2) is 0 Å². The number of para-hydroxylation sites is 7. The molecular formula is C134H83Br7O4. The third-order valence-corrected chi connectivity index (χ3v) is 35.2. The van der Waals surface area contributed by atoms with Crippen molar-refractivity contribution in [2.75, 3.05) is 0 Å². The van der Waals surface area contributed by atoms with Gasteiger partial charge in [0.1, 0.15) is 46.0 Å². The predicted octanol–water partition coefficient (Wildman–Crippen LogP) is 39.2. The van der Waals surface area contributed by atoms with Crippen LogP contribution in [0.1, 0.15) is 120 Å². The molecule has 0 radical (unpaired) electrons. The van der Waals surface area contributed by atoms with Crippen LogP contribution >= 0.6 is 112 Å². The molecule has 0 bridgehead atoms. The molecule has 11 heteroatoms. The fourth-order valence-electron chi connectivity index (χ4n) is 25.6. The van der Waals surface area contributed by atoms with E-state index in [1.165, 1.54) is 172 Å². The van der Waals surface area contributed by atoms with Crippen LogP contribution in [-0.2, 0) is 27.1 Å². The van der Waals surface area contributed by atoms with E-state index in [0.717, 1.165) is 111 Å². The highest BCUT2D eigenvalue weighted by Gasteiger charge is 2.56. The second kappa shape index (κ2) is 34.7. The zero-order chi connectivity index (χ0) is 97.7. The van der Waals surface area contributed by atoms with Crippen LogP contribution in [-0.4, -0.2) is 0 Å². The van der Waals surface area contributed by atoms with Crippen molar-refractivity contribution in [2.45, 2.75) is 47.8 Å². The lowest BCUT2D eigenvalue weighted by atomic mass is 9.61. The molecule has 4 atom stereocenters. The van der Waals surface area contributed by atoms with Gasteiger partial charge in [-0.1, -0.05) is 429 Å². The number of ether oxygens (including phenoxy) is 4. The Kier molecular flexibility index (Phi) is 21.5. The molecule has 0 N–H and O–H groups in total. The fourth-order valence-corrected chi connectivity index (χ4v) is 28.4. The number of hydrogen-bond acceptors (Lipinski definition) is 4. The predicted molar refractivity (Wildman–Crippen MR) is 613 cm³/mol. The summed E-state index contributed by atoms with van der Waals surface area (Å²) in [6.45, 7) is 6.85. The third kappa shape index (κ3) is 13.3. The summed E-state index contributed by atoms with van der Waals surface area (Å²) in [5.74, 6) is 7.11. The van der Waals surface area contributed by atoms with Crippen molar-refractivity contribution in [1.29, 1.82) is 0 Å². The first-order valence-electron chi connectivity index (χ1n) is 48.7. The SMILES string of the molecule is Brc1ccc2c(c1)-c1ccccc1-c1ccccc1C21c2ccccc2Oc2c(Br)cccc21.Brc1ccc2c(c1)C1(c3ccccc3Oc3c(Br)cccc31)c1ccccc1-c1ccccc1-2.CC1(C)c2ccccc2-c2cc3c(cc21)Oc1ccccc1C31c2ccccc2-c2ccccc2-c2cc(Br)ccc21.Cc1ccc2c(c1)C1(c3ccccc3Oc3c(Br)cccc31)c1cc(Br)ccc1-c1ccccc1-2. The Hall–Kier alpha value is -13.8. The second-order valence-corrected chi connectivity index (χ2v) is 45.2. The van der Waals surface area contributed by atoms with Crippen LogP contribution in [0.3, 0.4) is 0 Å². The lowest BCUT2D eigenvalue weighted by Crippen LogP contribution is -2.35. The molecule has 0 amide bonds. The highest BCUT2D eigenvalue weighted by atomic mass is 79.9. The van der Waals surface area contributed by atoms with E-state index in [0.29, 0.717) is 0 Å². The monoisotopic (exact) mass is 2310 g/mol. The van der Waals surface area contributed by atoms with Crippen molar-refractivity contribution in [3.05, 3.63) is 586 Å². The van der Waals surface area contributed by atoms with Gasteiger partial charge in [-0.15, -0.1) is 0 Å². The van der Waals surface area contributed by atoms with Gasteiger partial charge in [0.2, 0.25) is 0 Å². The lowest BCUT2D eigenvalue weighted by Gasteiger charge is -2.43. The van der Waals surface area contributed by atoms with Gasteiger partial charge < -0.3 is 18.9 Å². The summed E-state index contributed by atoms with van der Waals surface area (Å²) in [6, 6.07) is 163. The average molecular weight is 2320 g/mol. The minimum atomic E-state index is -0.591. The molecule has 21 aromatic carbocycles. The summed E-state index contributed by atoms with van der Waals surface area (Å²) in [4.78, 5) is 0. The molecular weight excluding hydrogens is 2230 g/mol. The summed E-state index contributed by atoms with van der Waals surface area (Å²) in [6.07, 6.45) is 0. The first kappa shape index (κ1) is 90.0. The van der Waals surface area contributed by atoms with Gasteiger partial charge in [-0.2, -0.15) is 0 Å². The number of halogens is 7. The first-order chi connectivity index (χ1) is 71.0. The molecule has 9 aliphatic rings. The lowest BCUT2D eigenvalue weighted by molar-refractivity contribution is 0.432.